The molecule has 0 aliphatic rings. The lowest BCUT2D eigenvalue weighted by Crippen LogP contribution is -2.02. The topological polar surface area (TPSA) is 28.7 Å². The van der Waals surface area contributed by atoms with Crippen molar-refractivity contribution in [3.05, 3.63) is 65.3 Å². The molecule has 1 N–H and O–H groups in total. The first kappa shape index (κ1) is 12.6. The molecule has 0 amide bonds. The summed E-state index contributed by atoms with van der Waals surface area (Å²) in [6.45, 7) is 10.4. The highest BCUT2D eigenvalue weighted by molar-refractivity contribution is 5.42. The quantitative estimate of drug-likeness (QED) is 0.806. The summed E-state index contributed by atoms with van der Waals surface area (Å²) in [5.74, 6) is 0.343. The first-order chi connectivity index (χ1) is 8.63. The molecule has 0 aliphatic carbocycles. The van der Waals surface area contributed by atoms with E-state index in [4.69, 9.17) is 0 Å². The van der Waals surface area contributed by atoms with Crippen molar-refractivity contribution in [2.75, 3.05) is 0 Å². The molecule has 2 heteroatoms. The summed E-state index contributed by atoms with van der Waals surface area (Å²) in [6, 6.07) is 4.54. The van der Waals surface area contributed by atoms with E-state index in [9.17, 15) is 0 Å². The number of benzene rings is 1. The van der Waals surface area contributed by atoms with Crippen LogP contribution in [-0.2, 0) is 6.42 Å². The van der Waals surface area contributed by atoms with Gasteiger partial charge in [-0.3, -0.25) is 0 Å². The Morgan fingerprint density at radius 3 is 2.78 bits per heavy atom. The highest BCUT2D eigenvalue weighted by Crippen LogP contribution is 2.28. The van der Waals surface area contributed by atoms with E-state index in [0.717, 1.165) is 12.1 Å². The number of imidazole rings is 1. The Morgan fingerprint density at radius 2 is 2.17 bits per heavy atom. The minimum Gasteiger partial charge on any atom is -0.348 e. The number of nitrogens with zero attached hydrogens (tertiary/aromatic N) is 1. The number of hydrogen-bond acceptors (Lipinski definition) is 1. The van der Waals surface area contributed by atoms with Crippen LogP contribution in [0.2, 0.25) is 0 Å². The van der Waals surface area contributed by atoms with Gasteiger partial charge in [0.15, 0.2) is 0 Å². The van der Waals surface area contributed by atoms with E-state index in [0.29, 0.717) is 5.92 Å². The number of nitrogens with one attached hydrogen (secondary N) is 1. The highest BCUT2D eigenvalue weighted by atomic mass is 14.9. The first-order valence-corrected chi connectivity index (χ1v) is 6.32. The predicted molar refractivity (Wildman–Crippen MR) is 75.9 cm³/mol. The number of rotatable bonds is 4. The Bertz CT molecular complexity index is 538. The van der Waals surface area contributed by atoms with Crippen molar-refractivity contribution in [3.63, 3.8) is 0 Å². The highest BCUT2D eigenvalue weighted by Gasteiger charge is 2.14. The van der Waals surface area contributed by atoms with Gasteiger partial charge in [0, 0.05) is 17.8 Å². The fourth-order valence-corrected chi connectivity index (χ4v) is 2.37. The molecule has 0 radical (unpaired) electrons. The Morgan fingerprint density at radius 1 is 1.39 bits per heavy atom. The van der Waals surface area contributed by atoms with Crippen molar-refractivity contribution in [1.82, 2.24) is 9.97 Å². The molecule has 0 bridgehead atoms. The SMILES string of the molecule is C=CCc1cc(C)c(C)c([C@H](C)c2cnc[nH]2)c1. The van der Waals surface area contributed by atoms with E-state index in [1.807, 2.05) is 12.3 Å². The second-order valence-corrected chi connectivity index (χ2v) is 4.85. The zero-order valence-electron chi connectivity index (χ0n) is 11.3. The third-order valence-corrected chi connectivity index (χ3v) is 3.60. The fraction of sp³-hybridized carbons (Fsp3) is 0.312. The molecular formula is C16H20N2. The minimum absolute atomic E-state index is 0.343. The molecule has 0 saturated carbocycles. The summed E-state index contributed by atoms with van der Waals surface area (Å²) < 4.78 is 0. The molecule has 0 saturated heterocycles. The standard InChI is InChI=1S/C16H20N2/c1-5-6-14-7-11(2)12(3)15(8-14)13(4)16-9-17-10-18-16/h5,7-10,13H,1,6H2,2-4H3,(H,17,18)/t13-/m0/s1. The van der Waals surface area contributed by atoms with Crippen LogP contribution < -0.4 is 0 Å². The number of hydrogen-bond donors (Lipinski definition) is 1. The molecule has 1 heterocycles. The van der Waals surface area contributed by atoms with Gasteiger partial charge in [-0.15, -0.1) is 6.58 Å². The molecule has 1 aromatic carbocycles. The maximum atomic E-state index is 4.11. The number of aromatic nitrogens is 2. The number of aryl methyl sites for hydroxylation is 1. The monoisotopic (exact) mass is 240 g/mol. The van der Waals surface area contributed by atoms with Crippen LogP contribution in [0.1, 0.15) is 40.8 Å². The van der Waals surface area contributed by atoms with Crippen LogP contribution in [0.5, 0.6) is 0 Å². The van der Waals surface area contributed by atoms with Gasteiger partial charge in [-0.1, -0.05) is 25.1 Å². The molecule has 1 atom stereocenters. The number of allylic oxidation sites excluding steroid dienone is 1. The van der Waals surface area contributed by atoms with Crippen molar-refractivity contribution in [2.45, 2.75) is 33.1 Å². The average molecular weight is 240 g/mol. The summed E-state index contributed by atoms with van der Waals surface area (Å²) in [5.41, 5.74) is 6.57. The lowest BCUT2D eigenvalue weighted by Gasteiger charge is -2.17. The molecule has 0 spiro atoms. The van der Waals surface area contributed by atoms with Crippen LogP contribution >= 0.6 is 0 Å². The Hall–Kier alpha value is -1.83. The molecule has 2 rings (SSSR count). The first-order valence-electron chi connectivity index (χ1n) is 6.32. The Kier molecular flexibility index (Phi) is 3.66. The zero-order valence-corrected chi connectivity index (χ0v) is 11.3. The molecule has 18 heavy (non-hydrogen) atoms. The van der Waals surface area contributed by atoms with Gasteiger partial charge in [-0.05, 0) is 42.5 Å². The predicted octanol–water partition coefficient (Wildman–Crippen LogP) is 3.91. The number of aromatic amines is 1. The third kappa shape index (κ3) is 2.37. The average Bonchev–Trinajstić information content (AvgIpc) is 2.86. The summed E-state index contributed by atoms with van der Waals surface area (Å²) in [5, 5.41) is 0. The van der Waals surface area contributed by atoms with E-state index in [-0.39, 0.29) is 0 Å². The lowest BCUT2D eigenvalue weighted by atomic mass is 9.89. The van der Waals surface area contributed by atoms with Crippen LogP contribution in [0.4, 0.5) is 0 Å². The molecule has 1 aromatic heterocycles. The molecule has 2 nitrogen and oxygen atoms in total. The van der Waals surface area contributed by atoms with Crippen molar-refractivity contribution >= 4 is 0 Å². The van der Waals surface area contributed by atoms with Gasteiger partial charge in [0.1, 0.15) is 0 Å². The molecule has 0 fully saturated rings. The van der Waals surface area contributed by atoms with Crippen LogP contribution in [0, 0.1) is 13.8 Å². The second kappa shape index (κ2) is 5.21. The molecule has 0 aliphatic heterocycles. The maximum Gasteiger partial charge on any atom is 0.0921 e. The molecular weight excluding hydrogens is 220 g/mol. The third-order valence-electron chi connectivity index (χ3n) is 3.60. The van der Waals surface area contributed by atoms with Crippen LogP contribution in [-0.4, -0.2) is 9.97 Å². The molecule has 94 valence electrons. The number of H-pyrrole nitrogens is 1. The normalized spacial score (nSPS) is 12.4. The summed E-state index contributed by atoms with van der Waals surface area (Å²) in [4.78, 5) is 7.31. The zero-order chi connectivity index (χ0) is 13.1. The van der Waals surface area contributed by atoms with Crippen molar-refractivity contribution in [3.8, 4) is 0 Å². The maximum absolute atomic E-state index is 4.11. The van der Waals surface area contributed by atoms with Gasteiger partial charge in [-0.2, -0.15) is 0 Å². The van der Waals surface area contributed by atoms with Gasteiger partial charge in [-0.25, -0.2) is 4.98 Å². The van der Waals surface area contributed by atoms with Crippen LogP contribution in [0.3, 0.4) is 0 Å². The van der Waals surface area contributed by atoms with Gasteiger partial charge >= 0.3 is 0 Å². The van der Waals surface area contributed by atoms with Crippen LogP contribution in [0.15, 0.2) is 37.3 Å². The van der Waals surface area contributed by atoms with E-state index >= 15 is 0 Å². The summed E-state index contributed by atoms with van der Waals surface area (Å²) >= 11 is 0. The summed E-state index contributed by atoms with van der Waals surface area (Å²) in [6.07, 6.45) is 6.51. The lowest BCUT2D eigenvalue weighted by molar-refractivity contribution is 0.867. The van der Waals surface area contributed by atoms with E-state index in [1.165, 1.54) is 22.3 Å². The van der Waals surface area contributed by atoms with E-state index in [2.05, 4.69) is 49.5 Å². The van der Waals surface area contributed by atoms with Gasteiger partial charge in [0.2, 0.25) is 0 Å². The van der Waals surface area contributed by atoms with E-state index < -0.39 is 0 Å². The van der Waals surface area contributed by atoms with Crippen molar-refractivity contribution in [2.24, 2.45) is 0 Å². The molecule has 0 unspecified atom stereocenters. The Labute approximate surface area is 109 Å². The van der Waals surface area contributed by atoms with E-state index in [1.54, 1.807) is 6.33 Å². The molecule has 2 aromatic rings. The van der Waals surface area contributed by atoms with Crippen molar-refractivity contribution in [1.29, 1.82) is 0 Å². The Balaban J connectivity index is 2.45. The van der Waals surface area contributed by atoms with Gasteiger partial charge < -0.3 is 4.98 Å². The second-order valence-electron chi connectivity index (χ2n) is 4.85. The van der Waals surface area contributed by atoms with Gasteiger partial charge in [0.25, 0.3) is 0 Å². The van der Waals surface area contributed by atoms with Crippen molar-refractivity contribution < 1.29 is 0 Å². The largest absolute Gasteiger partial charge is 0.348 e. The van der Waals surface area contributed by atoms with Crippen LogP contribution in [0.25, 0.3) is 0 Å². The smallest absolute Gasteiger partial charge is 0.0921 e. The fourth-order valence-electron chi connectivity index (χ4n) is 2.37. The minimum atomic E-state index is 0.343. The van der Waals surface area contributed by atoms with Gasteiger partial charge in [0.05, 0.1) is 6.33 Å². The summed E-state index contributed by atoms with van der Waals surface area (Å²) in [7, 11) is 0.